The van der Waals surface area contributed by atoms with Gasteiger partial charge >= 0.3 is 17.9 Å². The molecule has 0 aromatic rings. The van der Waals surface area contributed by atoms with Gasteiger partial charge in [-0.3, -0.25) is 19.2 Å². The molecule has 4 rings (SSSR count). The number of aldehydes is 1. The van der Waals surface area contributed by atoms with E-state index in [4.69, 9.17) is 52.1 Å². The summed E-state index contributed by atoms with van der Waals surface area (Å²) in [4.78, 5) is 67.9. The fraction of sp³-hybridized carbons (Fsp3) is 0.830. The lowest BCUT2D eigenvalue weighted by Crippen LogP contribution is -2.65. The summed E-state index contributed by atoms with van der Waals surface area (Å²) in [5.41, 5.74) is -0.865. The molecule has 0 radical (unpaired) electrons. The molecule has 21 atom stereocenters. The van der Waals surface area contributed by atoms with Crippen LogP contribution in [0.3, 0.4) is 0 Å². The highest BCUT2D eigenvalue weighted by molar-refractivity contribution is 5.91. The zero-order chi connectivity index (χ0) is 54.6. The summed E-state index contributed by atoms with van der Waals surface area (Å²) in [6.45, 7) is 18.7. The minimum Gasteiger partial charge on any atom is -0.462 e. The van der Waals surface area contributed by atoms with Gasteiger partial charge in [0, 0.05) is 58.2 Å². The maximum atomic E-state index is 14.2. The predicted octanol–water partition coefficient (Wildman–Crippen LogP) is 4.00. The van der Waals surface area contributed by atoms with Crippen molar-refractivity contribution in [3.63, 3.8) is 0 Å². The second kappa shape index (κ2) is 28.2. The molecule has 20 heteroatoms. The molecule has 0 bridgehead atoms. The van der Waals surface area contributed by atoms with Crippen LogP contribution in [0.4, 0.5) is 0 Å². The number of ketones is 1. The van der Waals surface area contributed by atoms with E-state index >= 15 is 0 Å². The quantitative estimate of drug-likeness (QED) is 0.106. The Hall–Kier alpha value is -3.25. The van der Waals surface area contributed by atoms with Crippen LogP contribution in [0.1, 0.15) is 115 Å². The Morgan fingerprint density at radius 1 is 0.890 bits per heavy atom. The first-order valence-corrected chi connectivity index (χ1v) is 25.9. The predicted molar refractivity (Wildman–Crippen MR) is 263 cm³/mol. The van der Waals surface area contributed by atoms with Crippen molar-refractivity contribution in [2.75, 3.05) is 34.9 Å². The van der Waals surface area contributed by atoms with Crippen LogP contribution in [0.25, 0.3) is 0 Å². The highest BCUT2D eigenvalue weighted by atomic mass is 16.7. The number of cyclic esters (lactones) is 1. The van der Waals surface area contributed by atoms with Crippen molar-refractivity contribution in [1.29, 1.82) is 0 Å². The van der Waals surface area contributed by atoms with Gasteiger partial charge in [0.15, 0.2) is 30.8 Å². The summed E-state index contributed by atoms with van der Waals surface area (Å²) >= 11 is 0. The molecule has 418 valence electrons. The van der Waals surface area contributed by atoms with E-state index in [-0.39, 0.29) is 44.0 Å². The van der Waals surface area contributed by atoms with E-state index in [2.05, 4.69) is 0 Å². The second-order valence-electron chi connectivity index (χ2n) is 21.4. The highest BCUT2D eigenvalue weighted by Crippen LogP contribution is 2.39. The summed E-state index contributed by atoms with van der Waals surface area (Å²) in [7, 11) is 6.41. The lowest BCUT2D eigenvalue weighted by Gasteiger charge is -2.50. The molecular weight excluding hydrogens is 955 g/mol. The fourth-order valence-corrected chi connectivity index (χ4v) is 10.6. The van der Waals surface area contributed by atoms with Crippen molar-refractivity contribution in [3.8, 4) is 0 Å². The number of hydrogen-bond donors (Lipinski definition) is 3. The molecule has 73 heavy (non-hydrogen) atoms. The summed E-state index contributed by atoms with van der Waals surface area (Å²) in [6, 6.07) is -0.809. The van der Waals surface area contributed by atoms with E-state index in [0.717, 1.165) is 0 Å². The molecule has 15 unspecified atom stereocenters. The van der Waals surface area contributed by atoms with E-state index < -0.39 is 152 Å². The Bertz CT molecular complexity index is 1860. The first-order chi connectivity index (χ1) is 34.3. The number of likely N-dealkylation sites (N-methyl/N-ethyl adjacent to an activating group) is 1. The molecule has 0 saturated carbocycles. The third-order valence-corrected chi connectivity index (χ3v) is 14.5. The Kier molecular flexibility index (Phi) is 24.1. The Balaban J connectivity index is 1.66. The molecule has 0 spiro atoms. The number of hydrogen-bond acceptors (Lipinski definition) is 20. The van der Waals surface area contributed by atoms with Crippen LogP contribution in [0, 0.1) is 29.6 Å². The van der Waals surface area contributed by atoms with E-state index in [9.17, 15) is 39.3 Å². The van der Waals surface area contributed by atoms with Gasteiger partial charge in [-0.15, -0.1) is 0 Å². The average molecular weight is 1040 g/mol. The fourth-order valence-electron chi connectivity index (χ4n) is 10.6. The van der Waals surface area contributed by atoms with E-state index in [1.54, 1.807) is 73.5 Å². The van der Waals surface area contributed by atoms with Gasteiger partial charge in [-0.1, -0.05) is 52.3 Å². The SMILES string of the molecule is CC[C@@H]1OC(=O)C[C@@H](OC(C)=O)[C@H](C)[C@@H](OC2OC(C)C(OC3CC(C)(O)C(OC(=O)CC(C)C)C(C)O3)C(N(C)C)C2O)[C@@H](CC=O)C[C@@H](C)C(=O)/C=C/C(C)=C\C1COC1OC(C)C(O)C(OC)C1OC. The third-order valence-electron chi connectivity index (χ3n) is 14.5. The number of carbonyl (C=O) groups is 5. The Morgan fingerprint density at radius 3 is 2.12 bits per heavy atom. The first-order valence-electron chi connectivity index (χ1n) is 25.9. The number of ether oxygens (including phenoxy) is 11. The zero-order valence-electron chi connectivity index (χ0n) is 45.7. The van der Waals surface area contributed by atoms with Crippen LogP contribution in [-0.4, -0.2) is 189 Å². The zero-order valence-corrected chi connectivity index (χ0v) is 45.7. The molecule has 4 heterocycles. The molecule has 0 aromatic heterocycles. The molecule has 3 saturated heterocycles. The van der Waals surface area contributed by atoms with Gasteiger partial charge in [0.05, 0.1) is 43.5 Å². The summed E-state index contributed by atoms with van der Waals surface area (Å²) < 4.78 is 67.2. The van der Waals surface area contributed by atoms with Gasteiger partial charge < -0.3 is 77.1 Å². The van der Waals surface area contributed by atoms with Crippen molar-refractivity contribution in [3.05, 3.63) is 23.8 Å². The lowest BCUT2D eigenvalue weighted by molar-refractivity contribution is -0.342. The number of nitrogens with zero attached hydrogens (tertiary/aromatic N) is 1. The normalized spacial score (nSPS) is 41.6. The maximum absolute atomic E-state index is 14.2. The smallest absolute Gasteiger partial charge is 0.309 e. The topological polar surface area (TPSA) is 251 Å². The molecule has 3 fully saturated rings. The molecule has 0 amide bonds. The lowest BCUT2D eigenvalue weighted by atomic mass is 9.79. The van der Waals surface area contributed by atoms with E-state index in [0.29, 0.717) is 18.3 Å². The maximum Gasteiger partial charge on any atom is 0.309 e. The van der Waals surface area contributed by atoms with Gasteiger partial charge in [-0.2, -0.15) is 0 Å². The number of aliphatic hydroxyl groups excluding tert-OH is 2. The number of rotatable bonds is 17. The highest BCUT2D eigenvalue weighted by Gasteiger charge is 2.53. The molecule has 4 aliphatic rings. The molecule has 0 aromatic carbocycles. The molecule has 0 aliphatic carbocycles. The summed E-state index contributed by atoms with van der Waals surface area (Å²) in [5, 5.41) is 34.6. The second-order valence-corrected chi connectivity index (χ2v) is 21.4. The van der Waals surface area contributed by atoms with Crippen LogP contribution in [0.2, 0.25) is 0 Å². The van der Waals surface area contributed by atoms with Gasteiger partial charge in [0.1, 0.15) is 54.6 Å². The van der Waals surface area contributed by atoms with E-state index in [1.807, 2.05) is 26.8 Å². The van der Waals surface area contributed by atoms with Crippen LogP contribution in [0.15, 0.2) is 23.8 Å². The minimum atomic E-state index is -1.53. The van der Waals surface area contributed by atoms with E-state index in [1.165, 1.54) is 27.2 Å². The minimum absolute atomic E-state index is 0.0378. The van der Waals surface area contributed by atoms with Crippen molar-refractivity contribution < 1.29 is 91.4 Å². The van der Waals surface area contributed by atoms with Crippen LogP contribution < -0.4 is 0 Å². The van der Waals surface area contributed by atoms with Crippen molar-refractivity contribution in [1.82, 2.24) is 4.90 Å². The van der Waals surface area contributed by atoms with Crippen LogP contribution in [0.5, 0.6) is 0 Å². The number of aliphatic hydroxyl groups is 3. The first kappa shape index (κ1) is 62.3. The van der Waals surface area contributed by atoms with Crippen molar-refractivity contribution in [2.45, 2.75) is 218 Å². The van der Waals surface area contributed by atoms with Gasteiger partial charge in [-0.05, 0) is 79.5 Å². The van der Waals surface area contributed by atoms with Crippen LogP contribution >= 0.6 is 0 Å². The summed E-state index contributed by atoms with van der Waals surface area (Å²) in [5.74, 6) is -4.87. The summed E-state index contributed by atoms with van der Waals surface area (Å²) in [6.07, 6.45) is -8.67. The van der Waals surface area contributed by atoms with Crippen molar-refractivity contribution >= 4 is 30.0 Å². The molecular formula is C53H87NO19. The van der Waals surface area contributed by atoms with Gasteiger partial charge in [0.2, 0.25) is 0 Å². The van der Waals surface area contributed by atoms with Gasteiger partial charge in [-0.25, -0.2) is 0 Å². The van der Waals surface area contributed by atoms with Gasteiger partial charge in [0.25, 0.3) is 0 Å². The number of esters is 3. The standard InChI is InChI=1S/C53H87NO19/c1-16-38-36(26-65-52-49(64-15)48(63-14)44(60)31(7)67-52)22-28(4)17-18-37(57)29(5)23-35(19-20-55)46(30(6)39(69-34(10)56)24-41(59)70-38)73-51-45(61)43(54(12)13)47(32(8)68-51)72-42-25-53(11,62)50(33(9)66-42)71-40(58)21-27(2)3/h17-18,20,22,27,29-33,35-36,38-39,42-52,60-62H,16,19,21,23-26H2,1-15H3/b18-17+,28-22-/t29-,30+,31?,32?,33?,35+,36?,38+,39-,42?,43?,44?,45?,46-,47?,48?,49?,50?,51?,52?,53?/m1/s1. The Labute approximate surface area is 432 Å². The van der Waals surface area contributed by atoms with Crippen molar-refractivity contribution in [2.24, 2.45) is 29.6 Å². The third kappa shape index (κ3) is 16.9. The largest absolute Gasteiger partial charge is 0.462 e. The molecule has 20 nitrogen and oxygen atoms in total. The molecule has 3 N–H and O–H groups in total. The number of allylic oxidation sites excluding steroid dienone is 3. The number of methoxy groups -OCH3 is 2. The van der Waals surface area contributed by atoms with Crippen LogP contribution in [-0.2, 0) is 76.1 Å². The number of carbonyl (C=O) groups excluding carboxylic acids is 5. The Morgan fingerprint density at radius 2 is 1.55 bits per heavy atom. The average Bonchev–Trinajstić information content (AvgIpc) is 3.29. The molecule has 4 aliphatic heterocycles. The monoisotopic (exact) mass is 1040 g/mol.